The molecule has 0 saturated heterocycles. The minimum absolute atomic E-state index is 0.0729. The average Bonchev–Trinajstić information content (AvgIpc) is 2.39. The highest BCUT2D eigenvalue weighted by Crippen LogP contribution is 2.27. The van der Waals surface area contributed by atoms with Crippen LogP contribution in [0, 0.1) is 6.92 Å². The number of anilines is 2. The normalized spacial score (nSPS) is 10.3. The molecule has 0 fully saturated rings. The Labute approximate surface area is 134 Å². The smallest absolute Gasteiger partial charge is 0.228 e. The Morgan fingerprint density at radius 3 is 2.50 bits per heavy atom. The first-order valence-corrected chi connectivity index (χ1v) is 7.64. The molecule has 2 rings (SSSR count). The molecule has 2 aromatic carbocycles. The minimum atomic E-state index is -0.0729. The summed E-state index contributed by atoms with van der Waals surface area (Å²) >= 11 is 6.80. The fourth-order valence-corrected chi connectivity index (χ4v) is 2.59. The number of carbonyl (C=O) groups excluding carboxylic acids is 1. The molecule has 1 amide bonds. The van der Waals surface area contributed by atoms with Crippen LogP contribution in [0.3, 0.4) is 0 Å². The monoisotopic (exact) mass is 396 g/mol. The van der Waals surface area contributed by atoms with Crippen LogP contribution in [-0.4, -0.2) is 5.91 Å². The lowest BCUT2D eigenvalue weighted by atomic mass is 10.1. The van der Waals surface area contributed by atoms with Gasteiger partial charge in [-0.3, -0.25) is 4.79 Å². The fourth-order valence-electron chi connectivity index (χ4n) is 1.77. The summed E-state index contributed by atoms with van der Waals surface area (Å²) in [5.74, 6) is -0.0729. The number of nitrogens with two attached hydrogens (primary N) is 1. The molecule has 0 unspecified atom stereocenters. The van der Waals surface area contributed by atoms with Crippen molar-refractivity contribution in [1.82, 2.24) is 0 Å². The molecule has 20 heavy (non-hydrogen) atoms. The Hall–Kier alpha value is -1.33. The molecule has 0 heterocycles. The van der Waals surface area contributed by atoms with E-state index in [0.717, 1.165) is 20.1 Å². The summed E-state index contributed by atoms with van der Waals surface area (Å²) in [6.45, 7) is 1.92. The van der Waals surface area contributed by atoms with Gasteiger partial charge in [0.15, 0.2) is 0 Å². The Kier molecular flexibility index (Phi) is 4.83. The number of rotatable bonds is 3. The number of aryl methyl sites for hydroxylation is 1. The SMILES string of the molecule is Cc1cc(Br)c(NC(=O)Cc2ccc(Br)cc2)cc1N. The van der Waals surface area contributed by atoms with Crippen LogP contribution in [0.15, 0.2) is 45.3 Å². The van der Waals surface area contributed by atoms with E-state index < -0.39 is 0 Å². The quantitative estimate of drug-likeness (QED) is 0.759. The Morgan fingerprint density at radius 1 is 1.20 bits per heavy atom. The van der Waals surface area contributed by atoms with Crippen molar-refractivity contribution in [3.05, 3.63) is 56.5 Å². The number of hydrogen-bond acceptors (Lipinski definition) is 2. The van der Waals surface area contributed by atoms with Crippen LogP contribution in [0.2, 0.25) is 0 Å². The first kappa shape index (κ1) is 15.1. The van der Waals surface area contributed by atoms with Crippen LogP contribution in [-0.2, 0) is 11.2 Å². The minimum Gasteiger partial charge on any atom is -0.398 e. The van der Waals surface area contributed by atoms with Crippen molar-refractivity contribution >= 4 is 49.1 Å². The number of hydrogen-bond donors (Lipinski definition) is 2. The summed E-state index contributed by atoms with van der Waals surface area (Å²) in [4.78, 5) is 12.0. The second kappa shape index (κ2) is 6.41. The molecule has 0 aliphatic carbocycles. The molecule has 104 valence electrons. The van der Waals surface area contributed by atoms with E-state index in [1.54, 1.807) is 6.07 Å². The summed E-state index contributed by atoms with van der Waals surface area (Å²) in [6, 6.07) is 11.3. The molecule has 0 bridgehead atoms. The van der Waals surface area contributed by atoms with Crippen LogP contribution in [0.5, 0.6) is 0 Å². The van der Waals surface area contributed by atoms with Crippen LogP contribution in [0.25, 0.3) is 0 Å². The maximum Gasteiger partial charge on any atom is 0.228 e. The molecule has 0 aromatic heterocycles. The Bertz CT molecular complexity index is 639. The molecule has 5 heteroatoms. The molecule has 3 N–H and O–H groups in total. The third kappa shape index (κ3) is 3.84. The third-order valence-corrected chi connectivity index (χ3v) is 4.09. The van der Waals surface area contributed by atoms with E-state index >= 15 is 0 Å². The number of carbonyl (C=O) groups is 1. The van der Waals surface area contributed by atoms with Gasteiger partial charge in [0.1, 0.15) is 0 Å². The van der Waals surface area contributed by atoms with Crippen molar-refractivity contribution in [2.45, 2.75) is 13.3 Å². The summed E-state index contributed by atoms with van der Waals surface area (Å²) in [7, 11) is 0. The highest BCUT2D eigenvalue weighted by molar-refractivity contribution is 9.10. The number of nitrogens with one attached hydrogen (secondary N) is 1. The van der Waals surface area contributed by atoms with E-state index in [2.05, 4.69) is 37.2 Å². The molecule has 0 atom stereocenters. The van der Waals surface area contributed by atoms with Crippen molar-refractivity contribution in [2.24, 2.45) is 0 Å². The van der Waals surface area contributed by atoms with Gasteiger partial charge < -0.3 is 11.1 Å². The fraction of sp³-hybridized carbons (Fsp3) is 0.133. The maximum atomic E-state index is 12.0. The van der Waals surface area contributed by atoms with E-state index in [0.29, 0.717) is 17.8 Å². The third-order valence-electron chi connectivity index (χ3n) is 2.91. The van der Waals surface area contributed by atoms with Gasteiger partial charge in [-0.05, 0) is 58.2 Å². The molecule has 0 saturated carbocycles. The van der Waals surface area contributed by atoms with Crippen molar-refractivity contribution in [1.29, 1.82) is 0 Å². The second-order valence-corrected chi connectivity index (χ2v) is 6.31. The average molecular weight is 398 g/mol. The van der Waals surface area contributed by atoms with Crippen molar-refractivity contribution in [3.63, 3.8) is 0 Å². The molecular weight excluding hydrogens is 384 g/mol. The molecule has 0 radical (unpaired) electrons. The van der Waals surface area contributed by atoms with Crippen molar-refractivity contribution in [2.75, 3.05) is 11.1 Å². The van der Waals surface area contributed by atoms with Crippen LogP contribution < -0.4 is 11.1 Å². The van der Waals surface area contributed by atoms with Gasteiger partial charge in [-0.1, -0.05) is 28.1 Å². The zero-order chi connectivity index (χ0) is 14.7. The molecule has 0 spiro atoms. The molecule has 0 aliphatic heterocycles. The lowest BCUT2D eigenvalue weighted by Gasteiger charge is -2.10. The van der Waals surface area contributed by atoms with E-state index in [1.165, 1.54) is 0 Å². The summed E-state index contributed by atoms with van der Waals surface area (Å²) in [5, 5.41) is 2.86. The molecule has 0 aliphatic rings. The molecular formula is C15H14Br2N2O. The Balaban J connectivity index is 2.08. The highest BCUT2D eigenvalue weighted by atomic mass is 79.9. The van der Waals surface area contributed by atoms with Crippen LogP contribution in [0.4, 0.5) is 11.4 Å². The number of nitrogen functional groups attached to an aromatic ring is 1. The first-order valence-electron chi connectivity index (χ1n) is 6.05. The molecule has 2 aromatic rings. The van der Waals surface area contributed by atoms with Gasteiger partial charge in [0.2, 0.25) is 5.91 Å². The lowest BCUT2D eigenvalue weighted by Crippen LogP contribution is -2.15. The zero-order valence-corrected chi connectivity index (χ0v) is 14.1. The van der Waals surface area contributed by atoms with Crippen LogP contribution in [0.1, 0.15) is 11.1 Å². The van der Waals surface area contributed by atoms with E-state index in [1.807, 2.05) is 37.3 Å². The highest BCUT2D eigenvalue weighted by Gasteiger charge is 2.08. The topological polar surface area (TPSA) is 55.1 Å². The van der Waals surface area contributed by atoms with Gasteiger partial charge in [-0.15, -0.1) is 0 Å². The largest absolute Gasteiger partial charge is 0.398 e. The van der Waals surface area contributed by atoms with Gasteiger partial charge in [-0.2, -0.15) is 0 Å². The van der Waals surface area contributed by atoms with Gasteiger partial charge >= 0.3 is 0 Å². The van der Waals surface area contributed by atoms with Gasteiger partial charge in [0.05, 0.1) is 12.1 Å². The number of halogens is 2. The number of benzene rings is 2. The first-order chi connectivity index (χ1) is 9.45. The van der Waals surface area contributed by atoms with Gasteiger partial charge in [0, 0.05) is 14.6 Å². The predicted octanol–water partition coefficient (Wildman–Crippen LogP) is 4.28. The summed E-state index contributed by atoms with van der Waals surface area (Å²) in [5.41, 5.74) is 9.14. The maximum absolute atomic E-state index is 12.0. The van der Waals surface area contributed by atoms with Crippen molar-refractivity contribution < 1.29 is 4.79 Å². The number of amides is 1. The molecule has 3 nitrogen and oxygen atoms in total. The van der Waals surface area contributed by atoms with E-state index in [4.69, 9.17) is 5.73 Å². The van der Waals surface area contributed by atoms with Crippen LogP contribution >= 0.6 is 31.9 Å². The summed E-state index contributed by atoms with van der Waals surface area (Å²) < 4.78 is 1.82. The van der Waals surface area contributed by atoms with Gasteiger partial charge in [-0.25, -0.2) is 0 Å². The van der Waals surface area contributed by atoms with Gasteiger partial charge in [0.25, 0.3) is 0 Å². The zero-order valence-electron chi connectivity index (χ0n) is 10.9. The van der Waals surface area contributed by atoms with E-state index in [9.17, 15) is 4.79 Å². The standard InChI is InChI=1S/C15H14Br2N2O/c1-9-6-12(17)14(8-13(9)18)19-15(20)7-10-2-4-11(16)5-3-10/h2-6,8H,7,18H2,1H3,(H,19,20). The Morgan fingerprint density at radius 2 is 1.85 bits per heavy atom. The second-order valence-electron chi connectivity index (χ2n) is 4.54. The van der Waals surface area contributed by atoms with Crippen molar-refractivity contribution in [3.8, 4) is 0 Å². The summed E-state index contributed by atoms with van der Waals surface area (Å²) in [6.07, 6.45) is 0.327. The predicted molar refractivity (Wildman–Crippen MR) is 89.8 cm³/mol. The lowest BCUT2D eigenvalue weighted by molar-refractivity contribution is -0.115. The van der Waals surface area contributed by atoms with E-state index in [-0.39, 0.29) is 5.91 Å².